The Morgan fingerprint density at radius 1 is 1.04 bits per heavy atom. The van der Waals surface area contributed by atoms with Crippen LogP contribution in [0.2, 0.25) is 0 Å². The summed E-state index contributed by atoms with van der Waals surface area (Å²) in [7, 11) is 0. The monoisotopic (exact) mass is 347 g/mol. The van der Waals surface area contributed by atoms with Gasteiger partial charge in [-0.1, -0.05) is 18.2 Å². The number of nitrogens with two attached hydrogens (primary N) is 1. The second-order valence-corrected chi connectivity index (χ2v) is 6.74. The third-order valence-corrected chi connectivity index (χ3v) is 4.89. The molecule has 0 bridgehead atoms. The molecular weight excluding hydrogens is 325 g/mol. The molecular formula is C22H22FN3. The van der Waals surface area contributed by atoms with Crippen LogP contribution in [-0.2, 0) is 6.42 Å². The number of pyridine rings is 1. The highest BCUT2D eigenvalue weighted by atomic mass is 19.1. The van der Waals surface area contributed by atoms with Crippen molar-refractivity contribution in [3.8, 4) is 11.3 Å². The zero-order valence-corrected chi connectivity index (χ0v) is 14.8. The molecule has 2 aromatic carbocycles. The molecule has 0 saturated carbocycles. The van der Waals surface area contributed by atoms with Gasteiger partial charge in [0.05, 0.1) is 11.2 Å². The zero-order chi connectivity index (χ0) is 18.1. The summed E-state index contributed by atoms with van der Waals surface area (Å²) in [5, 5.41) is 2.05. The molecule has 0 amide bonds. The quantitative estimate of drug-likeness (QED) is 0.493. The van der Waals surface area contributed by atoms with E-state index in [2.05, 4.69) is 22.1 Å². The minimum atomic E-state index is -0.210. The number of benzene rings is 2. The van der Waals surface area contributed by atoms with E-state index in [1.54, 1.807) is 6.07 Å². The van der Waals surface area contributed by atoms with Crippen LogP contribution in [0.25, 0.3) is 33.1 Å². The van der Waals surface area contributed by atoms with Gasteiger partial charge in [-0.3, -0.25) is 4.98 Å². The van der Waals surface area contributed by atoms with Crippen LogP contribution in [0.15, 0.2) is 48.5 Å². The normalized spacial score (nSPS) is 11.5. The summed E-state index contributed by atoms with van der Waals surface area (Å²) in [5.41, 5.74) is 11.9. The zero-order valence-electron chi connectivity index (χ0n) is 14.8. The molecule has 4 rings (SSSR count). The van der Waals surface area contributed by atoms with E-state index in [9.17, 15) is 4.39 Å². The second kappa shape index (κ2) is 6.89. The summed E-state index contributed by atoms with van der Waals surface area (Å²) < 4.78 is 13.9. The second-order valence-electron chi connectivity index (χ2n) is 6.74. The van der Waals surface area contributed by atoms with E-state index >= 15 is 0 Å². The van der Waals surface area contributed by atoms with E-state index in [1.165, 1.54) is 6.07 Å². The molecule has 4 aromatic rings. The lowest BCUT2D eigenvalue weighted by Gasteiger charge is -2.09. The molecule has 0 saturated heterocycles. The lowest BCUT2D eigenvalue weighted by Crippen LogP contribution is -1.99. The maximum absolute atomic E-state index is 13.9. The summed E-state index contributed by atoms with van der Waals surface area (Å²) >= 11 is 0. The number of H-pyrrole nitrogens is 1. The lowest BCUT2D eigenvalue weighted by molar-refractivity contribution is 0.629. The number of rotatable bonds is 5. The molecule has 0 radical (unpaired) electrons. The van der Waals surface area contributed by atoms with Gasteiger partial charge in [0.25, 0.3) is 0 Å². The Kier molecular flexibility index (Phi) is 4.43. The van der Waals surface area contributed by atoms with Crippen molar-refractivity contribution < 1.29 is 4.39 Å². The van der Waals surface area contributed by atoms with E-state index in [0.717, 1.165) is 63.6 Å². The molecule has 0 atom stereocenters. The van der Waals surface area contributed by atoms with Gasteiger partial charge in [-0.2, -0.15) is 0 Å². The number of aryl methyl sites for hydroxylation is 2. The van der Waals surface area contributed by atoms with Crippen molar-refractivity contribution in [1.29, 1.82) is 0 Å². The van der Waals surface area contributed by atoms with Crippen molar-refractivity contribution in [1.82, 2.24) is 9.97 Å². The third kappa shape index (κ3) is 2.97. The van der Waals surface area contributed by atoms with Crippen molar-refractivity contribution >= 4 is 21.8 Å². The maximum atomic E-state index is 13.9. The highest BCUT2D eigenvalue weighted by Gasteiger charge is 2.16. The Bertz CT molecular complexity index is 1080. The molecule has 0 aliphatic rings. The predicted octanol–water partition coefficient (Wildman–Crippen LogP) is 5.11. The predicted molar refractivity (Wildman–Crippen MR) is 106 cm³/mol. The van der Waals surface area contributed by atoms with Gasteiger partial charge in [0.1, 0.15) is 5.82 Å². The van der Waals surface area contributed by atoms with Crippen LogP contribution in [0.4, 0.5) is 4.39 Å². The first-order valence-electron chi connectivity index (χ1n) is 9.04. The molecule has 3 nitrogen and oxygen atoms in total. The van der Waals surface area contributed by atoms with E-state index in [0.29, 0.717) is 6.54 Å². The van der Waals surface area contributed by atoms with Crippen molar-refractivity contribution in [3.05, 3.63) is 65.6 Å². The van der Waals surface area contributed by atoms with Gasteiger partial charge in [-0.05, 0) is 68.6 Å². The molecule has 0 aliphatic carbocycles. The number of nitrogens with zero attached hydrogens (tertiary/aromatic N) is 1. The molecule has 0 aliphatic heterocycles. The number of nitrogens with one attached hydrogen (secondary N) is 1. The first-order chi connectivity index (χ1) is 12.7. The number of hydrogen-bond donors (Lipinski definition) is 2. The Morgan fingerprint density at radius 2 is 1.92 bits per heavy atom. The van der Waals surface area contributed by atoms with Crippen LogP contribution in [0, 0.1) is 12.7 Å². The molecule has 2 heterocycles. The number of hydrogen-bond acceptors (Lipinski definition) is 2. The highest BCUT2D eigenvalue weighted by molar-refractivity contribution is 5.99. The van der Waals surface area contributed by atoms with Gasteiger partial charge in [-0.15, -0.1) is 0 Å². The summed E-state index contributed by atoms with van der Waals surface area (Å²) in [5.74, 6) is -0.210. The summed E-state index contributed by atoms with van der Waals surface area (Å²) in [6.07, 6.45) is 2.80. The van der Waals surface area contributed by atoms with Crippen LogP contribution in [0.5, 0.6) is 0 Å². The number of aromatic nitrogens is 2. The first-order valence-corrected chi connectivity index (χ1v) is 9.04. The van der Waals surface area contributed by atoms with Crippen molar-refractivity contribution in [2.45, 2.75) is 26.2 Å². The Hall–Kier alpha value is -2.72. The van der Waals surface area contributed by atoms with E-state index in [1.807, 2.05) is 31.2 Å². The van der Waals surface area contributed by atoms with Crippen molar-refractivity contribution in [2.24, 2.45) is 5.73 Å². The van der Waals surface area contributed by atoms with Crippen LogP contribution < -0.4 is 5.73 Å². The minimum Gasteiger partial charge on any atom is -0.354 e. The van der Waals surface area contributed by atoms with Crippen LogP contribution >= 0.6 is 0 Å². The maximum Gasteiger partial charge on any atom is 0.123 e. The van der Waals surface area contributed by atoms with Crippen LogP contribution in [0.1, 0.15) is 24.1 Å². The standard InChI is InChI=1S/C22H22FN3/c1-14-8-10-16-17(6-4-7-20(16)25-14)22-18(5-2-3-12-24)19-13-15(23)9-11-21(19)26-22/h4,6-11,13,26H,2-3,5,12,24H2,1H3. The molecule has 132 valence electrons. The highest BCUT2D eigenvalue weighted by Crippen LogP contribution is 2.35. The lowest BCUT2D eigenvalue weighted by atomic mass is 9.97. The van der Waals surface area contributed by atoms with Gasteiger partial charge >= 0.3 is 0 Å². The van der Waals surface area contributed by atoms with Crippen LogP contribution in [-0.4, -0.2) is 16.5 Å². The molecule has 3 N–H and O–H groups in total. The number of halogens is 1. The molecule has 2 aromatic heterocycles. The Labute approximate surface area is 152 Å². The Balaban J connectivity index is 1.94. The fraction of sp³-hybridized carbons (Fsp3) is 0.227. The van der Waals surface area contributed by atoms with Gasteiger partial charge in [0.2, 0.25) is 0 Å². The topological polar surface area (TPSA) is 54.7 Å². The summed E-state index contributed by atoms with van der Waals surface area (Å²) in [6, 6.07) is 15.2. The van der Waals surface area contributed by atoms with Crippen molar-refractivity contribution in [3.63, 3.8) is 0 Å². The number of fused-ring (bicyclic) bond motifs is 2. The number of aromatic amines is 1. The fourth-order valence-corrected chi connectivity index (χ4v) is 3.63. The minimum absolute atomic E-state index is 0.210. The average Bonchev–Trinajstić information content (AvgIpc) is 2.99. The third-order valence-electron chi connectivity index (χ3n) is 4.89. The number of unbranched alkanes of at least 4 members (excludes halogenated alkanes) is 1. The largest absolute Gasteiger partial charge is 0.354 e. The van der Waals surface area contributed by atoms with Gasteiger partial charge < -0.3 is 10.7 Å². The van der Waals surface area contributed by atoms with E-state index in [4.69, 9.17) is 5.73 Å². The molecule has 26 heavy (non-hydrogen) atoms. The average molecular weight is 347 g/mol. The fourth-order valence-electron chi connectivity index (χ4n) is 3.63. The summed E-state index contributed by atoms with van der Waals surface area (Å²) in [4.78, 5) is 8.16. The molecule has 0 unspecified atom stereocenters. The SMILES string of the molecule is Cc1ccc2c(-c3[nH]c4ccc(F)cc4c3CCCCN)cccc2n1. The Morgan fingerprint density at radius 3 is 2.77 bits per heavy atom. The molecule has 0 fully saturated rings. The molecule has 0 spiro atoms. The van der Waals surface area contributed by atoms with E-state index < -0.39 is 0 Å². The van der Waals surface area contributed by atoms with Crippen molar-refractivity contribution in [2.75, 3.05) is 6.54 Å². The molecule has 4 heteroatoms. The first kappa shape index (κ1) is 16.7. The van der Waals surface area contributed by atoms with E-state index in [-0.39, 0.29) is 5.82 Å². The van der Waals surface area contributed by atoms with Crippen LogP contribution in [0.3, 0.4) is 0 Å². The van der Waals surface area contributed by atoms with Gasteiger partial charge in [0.15, 0.2) is 0 Å². The van der Waals surface area contributed by atoms with Gasteiger partial charge in [-0.25, -0.2) is 4.39 Å². The smallest absolute Gasteiger partial charge is 0.123 e. The summed E-state index contributed by atoms with van der Waals surface area (Å²) in [6.45, 7) is 2.67. The van der Waals surface area contributed by atoms with Gasteiger partial charge in [0, 0.05) is 27.5 Å².